The number of hydrogen-bond donors (Lipinski definition) is 2. The van der Waals surface area contributed by atoms with Crippen molar-refractivity contribution in [2.45, 2.75) is 6.42 Å². The van der Waals surface area contributed by atoms with Gasteiger partial charge < -0.3 is 0 Å². The van der Waals surface area contributed by atoms with Gasteiger partial charge in [-0.1, -0.05) is 24.3 Å². The number of rotatable bonds is 4. The van der Waals surface area contributed by atoms with Crippen LogP contribution in [0.2, 0.25) is 0 Å². The Morgan fingerprint density at radius 1 is 0.680 bits per heavy atom. The molecule has 2 aromatic carbocycles. The van der Waals surface area contributed by atoms with E-state index < -0.39 is 11.3 Å². The van der Waals surface area contributed by atoms with E-state index in [-0.39, 0.29) is 0 Å². The molecule has 0 saturated carbocycles. The van der Waals surface area contributed by atoms with Gasteiger partial charge in [0.1, 0.15) is 0 Å². The number of aromatic nitrogens is 4. The van der Waals surface area contributed by atoms with Gasteiger partial charge in [-0.25, -0.2) is 9.59 Å². The van der Waals surface area contributed by atoms with Crippen molar-refractivity contribution >= 4 is 0 Å². The summed E-state index contributed by atoms with van der Waals surface area (Å²) in [5.41, 5.74) is 3.03. The first-order valence-corrected chi connectivity index (χ1v) is 7.56. The Labute approximate surface area is 140 Å². The smallest absolute Gasteiger partial charge is 0.283 e. The zero-order valence-electron chi connectivity index (χ0n) is 13.0. The summed E-state index contributed by atoms with van der Waals surface area (Å²) in [5.74, 6) is 0. The molecule has 0 fully saturated rings. The SMILES string of the molecule is O=c1c[n+](-c2ccc(Cc3ccc(-[n+]4cc(=O)o[nH]4)cc3)cc2)[nH]o1. The minimum Gasteiger partial charge on any atom is -0.283 e. The van der Waals surface area contributed by atoms with Gasteiger partial charge in [0.25, 0.3) is 12.4 Å². The van der Waals surface area contributed by atoms with Crippen LogP contribution in [0.3, 0.4) is 0 Å². The lowest BCUT2D eigenvalue weighted by molar-refractivity contribution is -0.670. The van der Waals surface area contributed by atoms with E-state index in [1.54, 1.807) is 0 Å². The molecule has 0 unspecified atom stereocenters. The molecule has 0 aliphatic rings. The summed E-state index contributed by atoms with van der Waals surface area (Å²) in [6.07, 6.45) is 3.44. The van der Waals surface area contributed by atoms with Crippen molar-refractivity contribution in [3.8, 4) is 11.4 Å². The Morgan fingerprint density at radius 3 is 1.40 bits per heavy atom. The zero-order chi connectivity index (χ0) is 17.2. The van der Waals surface area contributed by atoms with Crippen LogP contribution in [0, 0.1) is 0 Å². The van der Waals surface area contributed by atoms with Crippen molar-refractivity contribution in [2.75, 3.05) is 0 Å². The second-order valence-corrected chi connectivity index (χ2v) is 5.53. The standard InChI is InChI=1S/C17H12N4O4/c22-16-10-20(18-24-16)14-5-1-12(2-6-14)9-13-3-7-15(8-4-13)21-11-17(23)25-19-21/h1-8,10-11H,9H2/p+2. The van der Waals surface area contributed by atoms with E-state index in [0.717, 1.165) is 28.9 Å². The van der Waals surface area contributed by atoms with Crippen LogP contribution >= 0.6 is 0 Å². The largest absolute Gasteiger partial charge is 0.427 e. The van der Waals surface area contributed by atoms with Crippen LogP contribution in [0.4, 0.5) is 0 Å². The first-order chi connectivity index (χ1) is 12.2. The Morgan fingerprint density at radius 2 is 1.08 bits per heavy atom. The molecule has 8 heteroatoms. The van der Waals surface area contributed by atoms with Gasteiger partial charge in [-0.15, -0.1) is 0 Å². The van der Waals surface area contributed by atoms with Crippen LogP contribution in [-0.2, 0) is 6.42 Å². The van der Waals surface area contributed by atoms with E-state index in [4.69, 9.17) is 0 Å². The van der Waals surface area contributed by atoms with Crippen LogP contribution in [0.5, 0.6) is 0 Å². The average Bonchev–Trinajstić information content (AvgIpc) is 3.25. The molecule has 0 saturated heterocycles. The molecule has 4 aromatic rings. The fourth-order valence-corrected chi connectivity index (χ4v) is 2.54. The number of hydrogen-bond acceptors (Lipinski definition) is 4. The first-order valence-electron chi connectivity index (χ1n) is 7.56. The minimum atomic E-state index is -0.430. The van der Waals surface area contributed by atoms with E-state index in [9.17, 15) is 9.59 Å². The lowest BCUT2D eigenvalue weighted by atomic mass is 10.0. The molecule has 2 aromatic heterocycles. The maximum absolute atomic E-state index is 11.1. The molecule has 25 heavy (non-hydrogen) atoms. The first kappa shape index (κ1) is 14.9. The van der Waals surface area contributed by atoms with Gasteiger partial charge in [0, 0.05) is 24.3 Å². The number of nitrogens with one attached hydrogen (secondary N) is 2. The predicted molar refractivity (Wildman–Crippen MR) is 84.5 cm³/mol. The number of benzene rings is 2. The zero-order valence-corrected chi connectivity index (χ0v) is 13.0. The van der Waals surface area contributed by atoms with Gasteiger partial charge >= 0.3 is 11.3 Å². The molecule has 0 aliphatic carbocycles. The van der Waals surface area contributed by atoms with Gasteiger partial charge in [0.2, 0.25) is 11.4 Å². The quantitative estimate of drug-likeness (QED) is 0.526. The second kappa shape index (κ2) is 6.08. The van der Waals surface area contributed by atoms with Gasteiger partial charge in [-0.05, 0) is 37.5 Å². The van der Waals surface area contributed by atoms with Crippen molar-refractivity contribution in [1.29, 1.82) is 0 Å². The monoisotopic (exact) mass is 338 g/mol. The summed E-state index contributed by atoms with van der Waals surface area (Å²) in [6, 6.07) is 15.6. The Kier molecular flexibility index (Phi) is 3.62. The van der Waals surface area contributed by atoms with E-state index in [1.807, 2.05) is 48.5 Å². The van der Waals surface area contributed by atoms with E-state index in [2.05, 4.69) is 19.6 Å². The predicted octanol–water partition coefficient (Wildman–Crippen LogP) is 0.393. The molecular weight excluding hydrogens is 324 g/mol. The summed E-state index contributed by atoms with van der Waals surface area (Å²) < 4.78 is 12.3. The number of aromatic amines is 2. The van der Waals surface area contributed by atoms with Crippen molar-refractivity contribution in [2.24, 2.45) is 0 Å². The highest BCUT2D eigenvalue weighted by atomic mass is 16.5. The third-order valence-electron chi connectivity index (χ3n) is 3.80. The van der Waals surface area contributed by atoms with Crippen LogP contribution in [0.15, 0.2) is 79.6 Å². The Hall–Kier alpha value is -3.68. The average molecular weight is 338 g/mol. The summed E-state index contributed by atoms with van der Waals surface area (Å²) in [7, 11) is 0. The maximum atomic E-state index is 11.1. The molecule has 2 heterocycles. The Bertz CT molecular complexity index is 1010. The van der Waals surface area contributed by atoms with Crippen molar-refractivity contribution < 1.29 is 18.4 Å². The van der Waals surface area contributed by atoms with Crippen LogP contribution in [0.25, 0.3) is 11.4 Å². The summed E-state index contributed by atoms with van der Waals surface area (Å²) in [5, 5.41) is 5.02. The maximum Gasteiger partial charge on any atom is 0.427 e. The lowest BCUT2D eigenvalue weighted by Crippen LogP contribution is -2.32. The molecule has 124 valence electrons. The molecule has 0 aliphatic heterocycles. The molecule has 4 rings (SSSR count). The van der Waals surface area contributed by atoms with Gasteiger partial charge in [0.15, 0.2) is 0 Å². The molecule has 0 atom stereocenters. The lowest BCUT2D eigenvalue weighted by Gasteiger charge is -2.01. The van der Waals surface area contributed by atoms with E-state index >= 15 is 0 Å². The fraction of sp³-hybridized carbons (Fsp3) is 0.0588. The molecule has 2 N–H and O–H groups in total. The van der Waals surface area contributed by atoms with E-state index in [0.29, 0.717) is 0 Å². The third kappa shape index (κ3) is 3.18. The highest BCUT2D eigenvalue weighted by Crippen LogP contribution is 2.12. The molecule has 0 amide bonds. The minimum absolute atomic E-state index is 0.430. The summed E-state index contributed by atoms with van der Waals surface area (Å²) in [6.45, 7) is 0. The van der Waals surface area contributed by atoms with Crippen LogP contribution in [0.1, 0.15) is 11.1 Å². The summed E-state index contributed by atoms with van der Waals surface area (Å²) in [4.78, 5) is 22.1. The van der Waals surface area contributed by atoms with Gasteiger partial charge in [0.05, 0.1) is 0 Å². The number of H-pyrrole nitrogens is 2. The third-order valence-corrected chi connectivity index (χ3v) is 3.80. The Balaban J connectivity index is 1.50. The summed E-state index contributed by atoms with van der Waals surface area (Å²) >= 11 is 0. The molecule has 0 bridgehead atoms. The highest BCUT2D eigenvalue weighted by Gasteiger charge is 2.11. The van der Waals surface area contributed by atoms with Crippen LogP contribution in [-0.4, -0.2) is 10.5 Å². The molecule has 0 spiro atoms. The van der Waals surface area contributed by atoms with Gasteiger partial charge in [-0.2, -0.15) is 0 Å². The van der Waals surface area contributed by atoms with Gasteiger partial charge in [-0.3, -0.25) is 9.05 Å². The second-order valence-electron chi connectivity index (χ2n) is 5.53. The van der Waals surface area contributed by atoms with Crippen molar-refractivity contribution in [3.05, 3.63) is 92.9 Å². The van der Waals surface area contributed by atoms with Crippen LogP contribution < -0.4 is 20.6 Å². The molecule has 0 radical (unpaired) electrons. The molecular formula is C17H14N4O4+2. The highest BCUT2D eigenvalue weighted by molar-refractivity contribution is 5.33. The fourth-order valence-electron chi connectivity index (χ4n) is 2.54. The normalized spacial score (nSPS) is 10.9. The molecule has 8 nitrogen and oxygen atoms in total. The topological polar surface area (TPSA) is 99.8 Å². The van der Waals surface area contributed by atoms with Crippen molar-refractivity contribution in [3.63, 3.8) is 0 Å². The van der Waals surface area contributed by atoms with Crippen molar-refractivity contribution in [1.82, 2.24) is 10.5 Å². The van der Waals surface area contributed by atoms with E-state index in [1.165, 1.54) is 21.8 Å². The number of nitrogens with zero attached hydrogens (tertiary/aromatic N) is 2.